The Hall–Kier alpha value is -0.900. The molecule has 0 aliphatic rings. The van der Waals surface area contributed by atoms with E-state index >= 15 is 0 Å². The van der Waals surface area contributed by atoms with Crippen LogP contribution in [0.5, 0.6) is 0 Å². The van der Waals surface area contributed by atoms with Crippen molar-refractivity contribution in [2.75, 3.05) is 13.6 Å². The number of Topliss-reactive ketones (excluding diaryl/α,β-unsaturated/α-hetero) is 1. The summed E-state index contributed by atoms with van der Waals surface area (Å²) >= 11 is 0. The van der Waals surface area contributed by atoms with Gasteiger partial charge in [-0.25, -0.2) is 0 Å². The normalized spacial score (nSPS) is 17.7. The predicted molar refractivity (Wildman–Crippen MR) is 74.1 cm³/mol. The SMILES string of the molecule is CCC(=O)N(C)C(C)(C(C)CN)C(C)CC(C)=O. The summed E-state index contributed by atoms with van der Waals surface area (Å²) in [5.41, 5.74) is 5.40. The Balaban J connectivity index is 5.28. The summed E-state index contributed by atoms with van der Waals surface area (Å²) in [6.07, 6.45) is 0.943. The third-order valence-corrected chi connectivity index (χ3v) is 4.34. The second-order valence-corrected chi connectivity index (χ2v) is 5.48. The Morgan fingerprint density at radius 2 is 1.78 bits per heavy atom. The first-order chi connectivity index (χ1) is 8.21. The first-order valence-corrected chi connectivity index (χ1v) is 6.67. The van der Waals surface area contributed by atoms with Gasteiger partial charge < -0.3 is 15.4 Å². The molecule has 0 saturated carbocycles. The molecule has 3 unspecified atom stereocenters. The highest BCUT2D eigenvalue weighted by Crippen LogP contribution is 2.34. The molecule has 0 aromatic carbocycles. The molecule has 0 fully saturated rings. The van der Waals surface area contributed by atoms with Crippen LogP contribution in [0.25, 0.3) is 0 Å². The van der Waals surface area contributed by atoms with Gasteiger partial charge in [-0.05, 0) is 32.2 Å². The van der Waals surface area contributed by atoms with E-state index in [9.17, 15) is 9.59 Å². The van der Waals surface area contributed by atoms with E-state index < -0.39 is 0 Å². The van der Waals surface area contributed by atoms with Gasteiger partial charge in [0.1, 0.15) is 5.78 Å². The van der Waals surface area contributed by atoms with Crippen LogP contribution >= 0.6 is 0 Å². The van der Waals surface area contributed by atoms with Crippen LogP contribution in [-0.2, 0) is 9.59 Å². The van der Waals surface area contributed by atoms with Crippen molar-refractivity contribution in [2.45, 2.75) is 53.0 Å². The van der Waals surface area contributed by atoms with Crippen LogP contribution in [0.2, 0.25) is 0 Å². The van der Waals surface area contributed by atoms with E-state index in [0.29, 0.717) is 19.4 Å². The zero-order valence-corrected chi connectivity index (χ0v) is 12.6. The summed E-state index contributed by atoms with van der Waals surface area (Å²) in [4.78, 5) is 25.1. The maximum Gasteiger partial charge on any atom is 0.222 e. The van der Waals surface area contributed by atoms with Gasteiger partial charge in [-0.15, -0.1) is 0 Å². The minimum absolute atomic E-state index is 0.0909. The smallest absolute Gasteiger partial charge is 0.222 e. The number of ketones is 1. The van der Waals surface area contributed by atoms with Gasteiger partial charge in [0.05, 0.1) is 0 Å². The number of hydrogen-bond donors (Lipinski definition) is 1. The van der Waals surface area contributed by atoms with Crippen LogP contribution in [0.15, 0.2) is 0 Å². The maximum atomic E-state index is 12.0. The lowest BCUT2D eigenvalue weighted by Crippen LogP contribution is -2.57. The molecule has 4 heteroatoms. The molecule has 0 bridgehead atoms. The van der Waals surface area contributed by atoms with E-state index in [4.69, 9.17) is 5.73 Å². The van der Waals surface area contributed by atoms with Gasteiger partial charge in [0.2, 0.25) is 5.91 Å². The van der Waals surface area contributed by atoms with Crippen LogP contribution in [0, 0.1) is 11.8 Å². The lowest BCUT2D eigenvalue weighted by molar-refractivity contribution is -0.140. The van der Waals surface area contributed by atoms with E-state index in [1.807, 2.05) is 34.7 Å². The Kier molecular flexibility index (Phi) is 6.54. The van der Waals surface area contributed by atoms with E-state index in [1.54, 1.807) is 11.8 Å². The first kappa shape index (κ1) is 17.1. The zero-order chi connectivity index (χ0) is 14.5. The minimum Gasteiger partial charge on any atom is -0.340 e. The molecule has 1 amide bonds. The fraction of sp³-hybridized carbons (Fsp3) is 0.857. The number of hydrogen-bond acceptors (Lipinski definition) is 3. The molecule has 3 atom stereocenters. The quantitative estimate of drug-likeness (QED) is 0.755. The third kappa shape index (κ3) is 3.55. The molecular formula is C14H28N2O2. The number of carbonyl (C=O) groups excluding carboxylic acids is 2. The van der Waals surface area contributed by atoms with E-state index in [-0.39, 0.29) is 29.1 Å². The highest BCUT2D eigenvalue weighted by atomic mass is 16.2. The van der Waals surface area contributed by atoms with Crippen LogP contribution in [0.3, 0.4) is 0 Å². The molecule has 0 rings (SSSR count). The molecule has 0 heterocycles. The Labute approximate surface area is 111 Å². The van der Waals surface area contributed by atoms with Crippen LogP contribution in [-0.4, -0.2) is 35.7 Å². The van der Waals surface area contributed by atoms with Gasteiger partial charge in [0.25, 0.3) is 0 Å². The summed E-state index contributed by atoms with van der Waals surface area (Å²) in [6, 6.07) is 0. The van der Waals surface area contributed by atoms with Gasteiger partial charge in [0.15, 0.2) is 0 Å². The monoisotopic (exact) mass is 256 g/mol. The lowest BCUT2D eigenvalue weighted by Gasteiger charge is -2.47. The molecule has 0 aliphatic carbocycles. The summed E-state index contributed by atoms with van der Waals surface area (Å²) in [5.74, 6) is 0.477. The molecule has 0 aromatic rings. The molecule has 18 heavy (non-hydrogen) atoms. The summed E-state index contributed by atoms with van der Waals surface area (Å²) in [6.45, 7) is 10.0. The molecule has 4 nitrogen and oxygen atoms in total. The third-order valence-electron chi connectivity index (χ3n) is 4.34. The first-order valence-electron chi connectivity index (χ1n) is 6.67. The van der Waals surface area contributed by atoms with Crippen molar-refractivity contribution in [1.29, 1.82) is 0 Å². The number of amides is 1. The molecule has 2 N–H and O–H groups in total. The highest BCUT2D eigenvalue weighted by Gasteiger charge is 2.41. The molecule has 0 spiro atoms. The zero-order valence-electron chi connectivity index (χ0n) is 12.6. The van der Waals surface area contributed by atoms with Gasteiger partial charge in [0, 0.05) is 25.4 Å². The number of rotatable bonds is 7. The molecule has 0 saturated heterocycles. The van der Waals surface area contributed by atoms with Gasteiger partial charge in [-0.3, -0.25) is 4.79 Å². The fourth-order valence-electron chi connectivity index (χ4n) is 2.53. The Morgan fingerprint density at radius 3 is 2.11 bits per heavy atom. The fourth-order valence-corrected chi connectivity index (χ4v) is 2.53. The largest absolute Gasteiger partial charge is 0.340 e. The summed E-state index contributed by atoms with van der Waals surface area (Å²) in [5, 5.41) is 0. The van der Waals surface area contributed by atoms with Crippen molar-refractivity contribution in [3.8, 4) is 0 Å². The van der Waals surface area contributed by atoms with Crippen molar-refractivity contribution in [3.05, 3.63) is 0 Å². The van der Waals surface area contributed by atoms with E-state index in [1.165, 1.54) is 0 Å². The molecule has 106 valence electrons. The van der Waals surface area contributed by atoms with Crippen molar-refractivity contribution >= 4 is 11.7 Å². The second-order valence-electron chi connectivity index (χ2n) is 5.48. The number of carbonyl (C=O) groups is 2. The Morgan fingerprint density at radius 1 is 1.28 bits per heavy atom. The van der Waals surface area contributed by atoms with Gasteiger partial charge in [-0.1, -0.05) is 20.8 Å². The summed E-state index contributed by atoms with van der Waals surface area (Å²) < 4.78 is 0. The molecule has 0 radical (unpaired) electrons. The second kappa shape index (κ2) is 6.88. The number of nitrogens with two attached hydrogens (primary N) is 1. The maximum absolute atomic E-state index is 12.0. The molecule has 0 aliphatic heterocycles. The van der Waals surface area contributed by atoms with E-state index in [2.05, 4.69) is 0 Å². The van der Waals surface area contributed by atoms with Gasteiger partial charge in [-0.2, -0.15) is 0 Å². The van der Waals surface area contributed by atoms with Crippen LogP contribution in [0.4, 0.5) is 0 Å². The molecule has 0 aromatic heterocycles. The van der Waals surface area contributed by atoms with Crippen LogP contribution < -0.4 is 5.73 Å². The number of nitrogens with zero attached hydrogens (tertiary/aromatic N) is 1. The average Bonchev–Trinajstić information content (AvgIpc) is 2.33. The lowest BCUT2D eigenvalue weighted by atomic mass is 9.73. The predicted octanol–water partition coefficient (Wildman–Crippen LogP) is 1.82. The van der Waals surface area contributed by atoms with Crippen LogP contribution in [0.1, 0.15) is 47.5 Å². The average molecular weight is 256 g/mol. The molecular weight excluding hydrogens is 228 g/mol. The van der Waals surface area contributed by atoms with Crippen molar-refractivity contribution in [3.63, 3.8) is 0 Å². The topological polar surface area (TPSA) is 63.4 Å². The van der Waals surface area contributed by atoms with Gasteiger partial charge >= 0.3 is 0 Å². The standard InChI is InChI=1S/C14H28N2O2/c1-7-13(18)16(6)14(5,11(3)9-15)10(2)8-12(4)17/h10-11H,7-9,15H2,1-6H3. The summed E-state index contributed by atoms with van der Waals surface area (Å²) in [7, 11) is 1.81. The van der Waals surface area contributed by atoms with Crippen molar-refractivity contribution < 1.29 is 9.59 Å². The van der Waals surface area contributed by atoms with E-state index in [0.717, 1.165) is 0 Å². The van der Waals surface area contributed by atoms with Crippen molar-refractivity contribution in [2.24, 2.45) is 17.6 Å². The van der Waals surface area contributed by atoms with Crippen molar-refractivity contribution in [1.82, 2.24) is 4.90 Å². The Bertz CT molecular complexity index is 304. The highest BCUT2D eigenvalue weighted by molar-refractivity contribution is 5.77. The minimum atomic E-state index is -0.381.